The highest BCUT2D eigenvalue weighted by Gasteiger charge is 2.08. The Balaban J connectivity index is 2.71. The Labute approximate surface area is 106 Å². The van der Waals surface area contributed by atoms with Gasteiger partial charge in [-0.25, -0.2) is 18.4 Å². The highest BCUT2D eigenvalue weighted by Crippen LogP contribution is 2.20. The normalized spacial score (nSPS) is 12.0. The Morgan fingerprint density at radius 2 is 2.06 bits per heavy atom. The average Bonchev–Trinajstić information content (AvgIpc) is 2.14. The molecule has 2 N–H and O–H groups in total. The standard InChI is InChI=1S/C10H17N3O2S2/c1-7(2)10-12-8(11)6-9(13-10)16-4-5-17(3,14)15/h6-7H,4-5H2,1-3H3,(H2,11,12,13). The van der Waals surface area contributed by atoms with E-state index in [-0.39, 0.29) is 11.7 Å². The summed E-state index contributed by atoms with van der Waals surface area (Å²) in [6.07, 6.45) is 1.22. The quantitative estimate of drug-likeness (QED) is 0.644. The summed E-state index contributed by atoms with van der Waals surface area (Å²) in [6.45, 7) is 3.97. The Bertz CT molecular complexity index is 486. The molecule has 5 nitrogen and oxygen atoms in total. The molecular formula is C10H17N3O2S2. The van der Waals surface area contributed by atoms with Gasteiger partial charge in [0.05, 0.1) is 5.75 Å². The second-order valence-electron chi connectivity index (χ2n) is 4.12. The van der Waals surface area contributed by atoms with Gasteiger partial charge in [0.1, 0.15) is 26.5 Å². The van der Waals surface area contributed by atoms with Crippen LogP contribution in [-0.4, -0.2) is 36.1 Å². The lowest BCUT2D eigenvalue weighted by Gasteiger charge is -2.07. The van der Waals surface area contributed by atoms with Crippen LogP contribution in [0.3, 0.4) is 0 Å². The van der Waals surface area contributed by atoms with E-state index in [2.05, 4.69) is 9.97 Å². The fraction of sp³-hybridized carbons (Fsp3) is 0.600. The third-order valence-corrected chi connectivity index (χ3v) is 4.08. The SMILES string of the molecule is CC(C)c1nc(N)cc(SCCS(C)(=O)=O)n1. The minimum absolute atomic E-state index is 0.137. The molecule has 0 spiro atoms. The van der Waals surface area contributed by atoms with E-state index in [0.717, 1.165) is 5.03 Å². The van der Waals surface area contributed by atoms with Crippen molar-refractivity contribution < 1.29 is 8.42 Å². The molecule has 1 aromatic heterocycles. The zero-order valence-corrected chi connectivity index (χ0v) is 11.8. The first-order valence-electron chi connectivity index (χ1n) is 5.23. The Morgan fingerprint density at radius 1 is 1.41 bits per heavy atom. The lowest BCUT2D eigenvalue weighted by molar-refractivity contribution is 0.603. The van der Waals surface area contributed by atoms with E-state index in [1.54, 1.807) is 6.07 Å². The predicted octanol–water partition coefficient (Wildman–Crippen LogP) is 1.32. The minimum Gasteiger partial charge on any atom is -0.384 e. The van der Waals surface area contributed by atoms with E-state index in [9.17, 15) is 8.42 Å². The molecule has 0 saturated heterocycles. The molecule has 0 saturated carbocycles. The lowest BCUT2D eigenvalue weighted by atomic mass is 10.2. The van der Waals surface area contributed by atoms with Crippen LogP contribution < -0.4 is 5.73 Å². The van der Waals surface area contributed by atoms with Crippen LogP contribution in [0, 0.1) is 0 Å². The van der Waals surface area contributed by atoms with Crippen molar-refractivity contribution in [3.63, 3.8) is 0 Å². The van der Waals surface area contributed by atoms with Gasteiger partial charge in [0.15, 0.2) is 0 Å². The Kier molecular flexibility index (Phi) is 4.76. The molecule has 17 heavy (non-hydrogen) atoms. The zero-order valence-electron chi connectivity index (χ0n) is 10.2. The third-order valence-electron chi connectivity index (χ3n) is 1.96. The molecule has 1 aromatic rings. The van der Waals surface area contributed by atoms with Gasteiger partial charge < -0.3 is 5.73 Å². The van der Waals surface area contributed by atoms with Gasteiger partial charge in [-0.2, -0.15) is 0 Å². The van der Waals surface area contributed by atoms with Crippen LogP contribution in [0.1, 0.15) is 25.6 Å². The van der Waals surface area contributed by atoms with Crippen LogP contribution in [0.5, 0.6) is 0 Å². The second-order valence-corrected chi connectivity index (χ2v) is 7.50. The van der Waals surface area contributed by atoms with Crippen LogP contribution in [0.2, 0.25) is 0 Å². The molecule has 0 aliphatic rings. The van der Waals surface area contributed by atoms with Crippen molar-refractivity contribution in [1.29, 1.82) is 0 Å². The van der Waals surface area contributed by atoms with Gasteiger partial charge in [0.2, 0.25) is 0 Å². The third kappa shape index (κ3) is 5.36. The van der Waals surface area contributed by atoms with Crippen molar-refractivity contribution in [2.75, 3.05) is 23.5 Å². The number of hydrogen-bond acceptors (Lipinski definition) is 6. The summed E-state index contributed by atoms with van der Waals surface area (Å²) in [6, 6.07) is 1.67. The number of aromatic nitrogens is 2. The van der Waals surface area contributed by atoms with Crippen LogP contribution >= 0.6 is 11.8 Å². The lowest BCUT2D eigenvalue weighted by Crippen LogP contribution is -2.06. The van der Waals surface area contributed by atoms with Crippen molar-refractivity contribution >= 4 is 27.4 Å². The maximum Gasteiger partial charge on any atom is 0.148 e. The smallest absolute Gasteiger partial charge is 0.148 e. The highest BCUT2D eigenvalue weighted by molar-refractivity contribution is 8.00. The molecule has 96 valence electrons. The van der Waals surface area contributed by atoms with Gasteiger partial charge >= 0.3 is 0 Å². The number of nitrogens with zero attached hydrogens (tertiary/aromatic N) is 2. The summed E-state index contributed by atoms with van der Waals surface area (Å²) in [7, 11) is -2.93. The molecule has 0 amide bonds. The highest BCUT2D eigenvalue weighted by atomic mass is 32.2. The number of anilines is 1. The van der Waals surface area contributed by atoms with Crippen LogP contribution in [-0.2, 0) is 9.84 Å². The van der Waals surface area contributed by atoms with Crippen molar-refractivity contribution in [2.45, 2.75) is 24.8 Å². The summed E-state index contributed by atoms with van der Waals surface area (Å²) in [5.41, 5.74) is 5.67. The Morgan fingerprint density at radius 3 is 2.59 bits per heavy atom. The maximum absolute atomic E-state index is 11.0. The van der Waals surface area contributed by atoms with E-state index < -0.39 is 9.84 Å². The summed E-state index contributed by atoms with van der Waals surface area (Å²) < 4.78 is 22.0. The second kappa shape index (κ2) is 5.68. The number of rotatable bonds is 5. The zero-order chi connectivity index (χ0) is 13.1. The molecule has 1 heterocycles. The van der Waals surface area contributed by atoms with Gasteiger partial charge in [-0.15, -0.1) is 11.8 Å². The summed E-state index contributed by atoms with van der Waals surface area (Å²) in [5, 5.41) is 0.727. The number of nitrogen functional groups attached to an aromatic ring is 1. The number of nitrogens with two attached hydrogens (primary N) is 1. The molecule has 0 unspecified atom stereocenters. The largest absolute Gasteiger partial charge is 0.384 e. The van der Waals surface area contributed by atoms with E-state index in [1.807, 2.05) is 13.8 Å². The number of hydrogen-bond donors (Lipinski definition) is 1. The number of thioether (sulfide) groups is 1. The van der Waals surface area contributed by atoms with E-state index in [4.69, 9.17) is 5.73 Å². The molecule has 0 aromatic carbocycles. The summed E-state index contributed by atoms with van der Waals surface area (Å²) >= 11 is 1.38. The first-order valence-corrected chi connectivity index (χ1v) is 8.27. The number of sulfone groups is 1. The molecule has 7 heteroatoms. The Hall–Kier alpha value is -0.820. The molecule has 0 bridgehead atoms. The van der Waals surface area contributed by atoms with Gasteiger partial charge in [0.25, 0.3) is 0 Å². The monoisotopic (exact) mass is 275 g/mol. The molecule has 0 radical (unpaired) electrons. The van der Waals surface area contributed by atoms with Gasteiger partial charge in [-0.1, -0.05) is 13.8 Å². The van der Waals surface area contributed by atoms with E-state index in [1.165, 1.54) is 18.0 Å². The molecule has 0 fully saturated rings. The van der Waals surface area contributed by atoms with Gasteiger partial charge in [-0.05, 0) is 0 Å². The van der Waals surface area contributed by atoms with E-state index in [0.29, 0.717) is 17.4 Å². The van der Waals surface area contributed by atoms with Gasteiger partial charge in [0, 0.05) is 24.0 Å². The molecule has 0 atom stereocenters. The minimum atomic E-state index is -2.93. The van der Waals surface area contributed by atoms with E-state index >= 15 is 0 Å². The van der Waals surface area contributed by atoms with Crippen molar-refractivity contribution in [1.82, 2.24) is 9.97 Å². The molecule has 0 aliphatic heterocycles. The van der Waals surface area contributed by atoms with Crippen LogP contribution in [0.25, 0.3) is 0 Å². The van der Waals surface area contributed by atoms with Crippen molar-refractivity contribution in [3.8, 4) is 0 Å². The molecular weight excluding hydrogens is 258 g/mol. The molecule has 1 rings (SSSR count). The van der Waals surface area contributed by atoms with Crippen LogP contribution in [0.4, 0.5) is 5.82 Å². The summed E-state index contributed by atoms with van der Waals surface area (Å²) in [4.78, 5) is 8.45. The maximum atomic E-state index is 11.0. The average molecular weight is 275 g/mol. The predicted molar refractivity (Wildman–Crippen MR) is 71.0 cm³/mol. The molecule has 0 aliphatic carbocycles. The van der Waals surface area contributed by atoms with Crippen molar-refractivity contribution in [2.24, 2.45) is 0 Å². The van der Waals surface area contributed by atoms with Gasteiger partial charge in [-0.3, -0.25) is 0 Å². The fourth-order valence-corrected chi connectivity index (χ4v) is 3.21. The van der Waals surface area contributed by atoms with Crippen molar-refractivity contribution in [3.05, 3.63) is 11.9 Å². The van der Waals surface area contributed by atoms with Crippen LogP contribution in [0.15, 0.2) is 11.1 Å². The first-order chi connectivity index (χ1) is 7.78. The fourth-order valence-electron chi connectivity index (χ4n) is 1.09. The summed E-state index contributed by atoms with van der Waals surface area (Å²) in [5.74, 6) is 1.93. The first kappa shape index (κ1) is 14.2. The topological polar surface area (TPSA) is 85.9 Å².